The predicted octanol–water partition coefficient (Wildman–Crippen LogP) is 1.86. The maximum atomic E-state index is 10.7. The Hall–Kier alpha value is -1.84. The van der Waals surface area contributed by atoms with Gasteiger partial charge in [-0.3, -0.25) is 0 Å². The van der Waals surface area contributed by atoms with Gasteiger partial charge in [0.05, 0.1) is 20.3 Å². The molecule has 0 N–H and O–H groups in total. The van der Waals surface area contributed by atoms with E-state index in [4.69, 9.17) is 9.47 Å². The van der Waals surface area contributed by atoms with Crippen LogP contribution in [0.5, 0.6) is 5.75 Å². The maximum Gasteiger partial charge on any atom is 0.235 e. The number of nitrogens with zero attached hydrogens (tertiary/aromatic N) is 2. The van der Waals surface area contributed by atoms with Crippen LogP contribution >= 0.6 is 0 Å². The number of ether oxygens (including phenoxy) is 2. The molecule has 0 aromatic heterocycles. The fourth-order valence-corrected chi connectivity index (χ4v) is 2.73. The molecule has 2 aliphatic rings. The quantitative estimate of drug-likeness (QED) is 0.621. The maximum absolute atomic E-state index is 10.7. The van der Waals surface area contributed by atoms with Crippen molar-refractivity contribution < 1.29 is 14.3 Å². The fraction of sp³-hybridized carbons (Fsp3) is 0.533. The SMILES string of the molecule is COc1ccc(N2CCOCC2)cc1C1(N=C=O)CC1. The number of hydrogen-bond donors (Lipinski definition) is 0. The molecule has 1 aromatic rings. The van der Waals surface area contributed by atoms with Crippen LogP contribution in [0, 0.1) is 0 Å². The minimum absolute atomic E-state index is 0.407. The first-order valence-electron chi connectivity index (χ1n) is 6.89. The van der Waals surface area contributed by atoms with Crippen LogP contribution in [-0.2, 0) is 15.1 Å². The Bertz CT molecular complexity index is 542. The van der Waals surface area contributed by atoms with E-state index in [2.05, 4.69) is 16.0 Å². The molecule has 1 aromatic carbocycles. The van der Waals surface area contributed by atoms with Crippen molar-refractivity contribution >= 4 is 11.8 Å². The highest BCUT2D eigenvalue weighted by molar-refractivity contribution is 5.57. The highest BCUT2D eigenvalue weighted by Gasteiger charge is 2.47. The molecule has 1 saturated heterocycles. The fourth-order valence-electron chi connectivity index (χ4n) is 2.73. The first-order chi connectivity index (χ1) is 9.79. The van der Waals surface area contributed by atoms with Gasteiger partial charge in [-0.1, -0.05) is 0 Å². The molecular formula is C15H18N2O3. The van der Waals surface area contributed by atoms with Crippen molar-refractivity contribution in [2.24, 2.45) is 4.99 Å². The van der Waals surface area contributed by atoms with Gasteiger partial charge in [0.2, 0.25) is 6.08 Å². The Labute approximate surface area is 118 Å². The zero-order chi connectivity index (χ0) is 14.0. The summed E-state index contributed by atoms with van der Waals surface area (Å²) in [5.41, 5.74) is 1.72. The summed E-state index contributed by atoms with van der Waals surface area (Å²) in [4.78, 5) is 16.9. The Morgan fingerprint density at radius 1 is 1.35 bits per heavy atom. The Kier molecular flexibility index (Phi) is 3.47. The van der Waals surface area contributed by atoms with E-state index in [-0.39, 0.29) is 0 Å². The van der Waals surface area contributed by atoms with Gasteiger partial charge >= 0.3 is 0 Å². The van der Waals surface area contributed by atoms with Crippen LogP contribution < -0.4 is 9.64 Å². The average molecular weight is 274 g/mol. The number of anilines is 1. The van der Waals surface area contributed by atoms with E-state index in [1.807, 2.05) is 12.1 Å². The van der Waals surface area contributed by atoms with Crippen LogP contribution in [0.1, 0.15) is 18.4 Å². The largest absolute Gasteiger partial charge is 0.496 e. The van der Waals surface area contributed by atoms with Gasteiger partial charge in [0.1, 0.15) is 11.3 Å². The minimum Gasteiger partial charge on any atom is -0.496 e. The van der Waals surface area contributed by atoms with E-state index >= 15 is 0 Å². The number of morpholine rings is 1. The summed E-state index contributed by atoms with van der Waals surface area (Å²) in [5.74, 6) is 0.790. The molecule has 0 atom stereocenters. The minimum atomic E-state index is -0.407. The number of hydrogen-bond acceptors (Lipinski definition) is 5. The smallest absolute Gasteiger partial charge is 0.235 e. The lowest BCUT2D eigenvalue weighted by Crippen LogP contribution is -2.36. The third kappa shape index (κ3) is 2.30. The van der Waals surface area contributed by atoms with Gasteiger partial charge in [0.15, 0.2) is 0 Å². The predicted molar refractivity (Wildman–Crippen MR) is 75.1 cm³/mol. The Balaban J connectivity index is 1.96. The van der Waals surface area contributed by atoms with Crippen LogP contribution in [0.3, 0.4) is 0 Å². The van der Waals surface area contributed by atoms with Crippen LogP contribution in [0.4, 0.5) is 5.69 Å². The third-order valence-electron chi connectivity index (χ3n) is 4.04. The average Bonchev–Trinajstić information content (AvgIpc) is 3.29. The van der Waals surface area contributed by atoms with Crippen molar-refractivity contribution in [2.75, 3.05) is 38.3 Å². The molecule has 106 valence electrons. The summed E-state index contributed by atoms with van der Waals surface area (Å²) in [6.07, 6.45) is 3.47. The second-order valence-electron chi connectivity index (χ2n) is 5.22. The number of carbonyl (C=O) groups excluding carboxylic acids is 1. The summed E-state index contributed by atoms with van der Waals surface area (Å²) in [7, 11) is 1.65. The second-order valence-corrected chi connectivity index (χ2v) is 5.22. The summed E-state index contributed by atoms with van der Waals surface area (Å²) in [6, 6.07) is 6.10. The zero-order valence-electron chi connectivity index (χ0n) is 11.6. The van der Waals surface area contributed by atoms with Gasteiger partial charge in [-0.25, -0.2) is 4.79 Å². The Morgan fingerprint density at radius 3 is 2.70 bits per heavy atom. The molecule has 3 rings (SSSR count). The van der Waals surface area contributed by atoms with Gasteiger partial charge in [0.25, 0.3) is 0 Å². The molecule has 1 aliphatic carbocycles. The molecule has 1 heterocycles. The summed E-state index contributed by atoms with van der Waals surface area (Å²) in [5, 5.41) is 0. The highest BCUT2D eigenvalue weighted by atomic mass is 16.5. The van der Waals surface area contributed by atoms with Crippen LogP contribution in [-0.4, -0.2) is 39.5 Å². The molecule has 2 fully saturated rings. The van der Waals surface area contributed by atoms with E-state index in [9.17, 15) is 4.79 Å². The molecule has 1 aliphatic heterocycles. The summed E-state index contributed by atoms with van der Waals surface area (Å²) < 4.78 is 10.8. The standard InChI is InChI=1S/C15H18N2O3/c1-19-14-3-2-12(17-6-8-20-9-7-17)10-13(14)15(4-5-15)16-11-18/h2-3,10H,4-9H2,1H3. The van der Waals surface area contributed by atoms with Gasteiger partial charge in [-0.15, -0.1) is 0 Å². The number of methoxy groups -OCH3 is 1. The number of isocyanates is 1. The zero-order valence-corrected chi connectivity index (χ0v) is 11.6. The van der Waals surface area contributed by atoms with Crippen molar-refractivity contribution in [1.82, 2.24) is 0 Å². The molecule has 0 unspecified atom stereocenters. The van der Waals surface area contributed by atoms with E-state index in [0.29, 0.717) is 0 Å². The lowest BCUT2D eigenvalue weighted by Gasteiger charge is -2.30. The molecule has 20 heavy (non-hydrogen) atoms. The van der Waals surface area contributed by atoms with Crippen LogP contribution in [0.25, 0.3) is 0 Å². The second kappa shape index (κ2) is 5.27. The molecular weight excluding hydrogens is 256 g/mol. The summed E-state index contributed by atoms with van der Waals surface area (Å²) >= 11 is 0. The normalized spacial score (nSPS) is 20.1. The van der Waals surface area contributed by atoms with E-state index in [0.717, 1.165) is 56.1 Å². The lowest BCUT2D eigenvalue weighted by atomic mass is 10.0. The molecule has 0 amide bonds. The first-order valence-corrected chi connectivity index (χ1v) is 6.89. The van der Waals surface area contributed by atoms with Gasteiger partial charge < -0.3 is 14.4 Å². The van der Waals surface area contributed by atoms with Crippen molar-refractivity contribution in [1.29, 1.82) is 0 Å². The highest BCUT2D eigenvalue weighted by Crippen LogP contribution is 2.53. The van der Waals surface area contributed by atoms with Crippen molar-refractivity contribution in [3.05, 3.63) is 23.8 Å². The molecule has 0 bridgehead atoms. The van der Waals surface area contributed by atoms with Crippen LogP contribution in [0.2, 0.25) is 0 Å². The van der Waals surface area contributed by atoms with Gasteiger partial charge in [0, 0.05) is 24.3 Å². The van der Waals surface area contributed by atoms with Gasteiger partial charge in [-0.05, 0) is 31.0 Å². The number of rotatable bonds is 4. The summed E-state index contributed by atoms with van der Waals surface area (Å²) in [6.45, 7) is 3.27. The van der Waals surface area contributed by atoms with Crippen molar-refractivity contribution in [2.45, 2.75) is 18.4 Å². The topological polar surface area (TPSA) is 51.1 Å². The molecule has 5 heteroatoms. The molecule has 1 saturated carbocycles. The van der Waals surface area contributed by atoms with Crippen molar-refractivity contribution in [3.8, 4) is 5.75 Å². The number of benzene rings is 1. The molecule has 0 spiro atoms. The molecule has 5 nitrogen and oxygen atoms in total. The lowest BCUT2D eigenvalue weighted by molar-refractivity contribution is 0.122. The molecule has 0 radical (unpaired) electrons. The van der Waals surface area contributed by atoms with Crippen LogP contribution in [0.15, 0.2) is 23.2 Å². The van der Waals surface area contributed by atoms with E-state index in [1.54, 1.807) is 13.2 Å². The first kappa shape index (κ1) is 13.2. The Morgan fingerprint density at radius 2 is 2.10 bits per heavy atom. The van der Waals surface area contributed by atoms with Gasteiger partial charge in [-0.2, -0.15) is 4.99 Å². The number of aliphatic imine (C=N–C) groups is 1. The van der Waals surface area contributed by atoms with E-state index < -0.39 is 5.54 Å². The van der Waals surface area contributed by atoms with Crippen molar-refractivity contribution in [3.63, 3.8) is 0 Å². The monoisotopic (exact) mass is 274 g/mol. The third-order valence-corrected chi connectivity index (χ3v) is 4.04. The van der Waals surface area contributed by atoms with E-state index in [1.165, 1.54) is 0 Å².